The highest BCUT2D eigenvalue weighted by molar-refractivity contribution is 5.42. The van der Waals surface area contributed by atoms with Crippen LogP contribution in [0.3, 0.4) is 0 Å². The average molecular weight is 290 g/mol. The molecule has 0 spiro atoms. The van der Waals surface area contributed by atoms with Gasteiger partial charge in [0, 0.05) is 18.8 Å². The number of nitrogens with zero attached hydrogens (tertiary/aromatic N) is 3. The first kappa shape index (κ1) is 15.3. The predicted octanol–water partition coefficient (Wildman–Crippen LogP) is 1.92. The van der Waals surface area contributed by atoms with Gasteiger partial charge in [0.1, 0.15) is 11.4 Å². The minimum atomic E-state index is -0.0645. The van der Waals surface area contributed by atoms with E-state index in [-0.39, 0.29) is 6.04 Å². The molecule has 0 bridgehead atoms. The molecule has 2 heterocycles. The van der Waals surface area contributed by atoms with Crippen LogP contribution in [0.5, 0.6) is 11.5 Å². The van der Waals surface area contributed by atoms with Gasteiger partial charge in [0.25, 0.3) is 0 Å². The van der Waals surface area contributed by atoms with Gasteiger partial charge in [0.15, 0.2) is 5.75 Å². The fraction of sp³-hybridized carbons (Fsp3) is 0.467. The van der Waals surface area contributed by atoms with E-state index in [1.165, 1.54) is 0 Å². The monoisotopic (exact) mass is 290 g/mol. The van der Waals surface area contributed by atoms with Crippen LogP contribution in [0.25, 0.3) is 0 Å². The molecule has 0 amide bonds. The third-order valence-corrected chi connectivity index (χ3v) is 3.39. The fourth-order valence-corrected chi connectivity index (χ4v) is 2.36. The average Bonchev–Trinajstić information content (AvgIpc) is 2.89. The van der Waals surface area contributed by atoms with E-state index < -0.39 is 0 Å². The quantitative estimate of drug-likeness (QED) is 0.844. The molecule has 1 atom stereocenters. The molecule has 114 valence electrons. The van der Waals surface area contributed by atoms with Crippen LogP contribution in [-0.2, 0) is 7.05 Å². The van der Waals surface area contributed by atoms with E-state index >= 15 is 0 Å². The number of rotatable bonds is 7. The summed E-state index contributed by atoms with van der Waals surface area (Å²) in [6.45, 7) is 3.01. The SMILES string of the molecule is CCCNC(c1ccncc1OC)c1c(OC)cnn1C. The summed E-state index contributed by atoms with van der Waals surface area (Å²) in [5, 5.41) is 7.82. The highest BCUT2D eigenvalue weighted by Gasteiger charge is 2.24. The van der Waals surface area contributed by atoms with Crippen LogP contribution in [0.4, 0.5) is 0 Å². The first-order valence-electron chi connectivity index (χ1n) is 7.00. The Morgan fingerprint density at radius 2 is 2.00 bits per heavy atom. The van der Waals surface area contributed by atoms with Gasteiger partial charge in [-0.05, 0) is 19.0 Å². The van der Waals surface area contributed by atoms with E-state index in [4.69, 9.17) is 9.47 Å². The normalized spacial score (nSPS) is 12.2. The van der Waals surface area contributed by atoms with Crippen molar-refractivity contribution in [2.45, 2.75) is 19.4 Å². The largest absolute Gasteiger partial charge is 0.495 e. The summed E-state index contributed by atoms with van der Waals surface area (Å²) in [7, 11) is 5.21. The van der Waals surface area contributed by atoms with Crippen molar-refractivity contribution in [3.8, 4) is 11.5 Å². The van der Waals surface area contributed by atoms with Crippen molar-refractivity contribution in [2.24, 2.45) is 7.05 Å². The lowest BCUT2D eigenvalue weighted by Crippen LogP contribution is -2.26. The van der Waals surface area contributed by atoms with Gasteiger partial charge in [-0.25, -0.2) is 0 Å². The molecule has 1 N–H and O–H groups in total. The predicted molar refractivity (Wildman–Crippen MR) is 80.7 cm³/mol. The van der Waals surface area contributed by atoms with Crippen LogP contribution in [0.1, 0.15) is 30.6 Å². The Balaban J connectivity index is 2.50. The number of aryl methyl sites for hydroxylation is 1. The Morgan fingerprint density at radius 1 is 1.24 bits per heavy atom. The zero-order chi connectivity index (χ0) is 15.2. The number of hydrogen-bond donors (Lipinski definition) is 1. The lowest BCUT2D eigenvalue weighted by atomic mass is 10.0. The summed E-state index contributed by atoms with van der Waals surface area (Å²) < 4.78 is 12.7. The van der Waals surface area contributed by atoms with Gasteiger partial charge in [0.05, 0.1) is 32.7 Å². The maximum Gasteiger partial charge on any atom is 0.161 e. The standard InChI is InChI=1S/C15H22N4O2/c1-5-7-17-14(11-6-8-16-9-12(11)20-3)15-13(21-4)10-18-19(15)2/h6,8-10,14,17H,5,7H2,1-4H3. The molecule has 0 aliphatic carbocycles. The van der Waals surface area contributed by atoms with Gasteiger partial charge in [-0.1, -0.05) is 6.92 Å². The summed E-state index contributed by atoms with van der Waals surface area (Å²) in [6, 6.07) is 1.89. The van der Waals surface area contributed by atoms with Crippen molar-refractivity contribution in [1.82, 2.24) is 20.1 Å². The maximum absolute atomic E-state index is 5.44. The molecule has 0 fully saturated rings. The molecule has 0 radical (unpaired) electrons. The molecule has 0 saturated carbocycles. The number of pyridine rings is 1. The second kappa shape index (κ2) is 7.08. The Kier molecular flexibility index (Phi) is 5.16. The first-order valence-corrected chi connectivity index (χ1v) is 7.00. The third kappa shape index (κ3) is 3.16. The summed E-state index contributed by atoms with van der Waals surface area (Å²) in [4.78, 5) is 4.12. The molecule has 2 aromatic rings. The van der Waals surface area contributed by atoms with Crippen LogP contribution in [0.15, 0.2) is 24.7 Å². The summed E-state index contributed by atoms with van der Waals surface area (Å²) in [5.74, 6) is 1.50. The van der Waals surface area contributed by atoms with Gasteiger partial charge in [-0.3, -0.25) is 9.67 Å². The smallest absolute Gasteiger partial charge is 0.161 e. The van der Waals surface area contributed by atoms with Gasteiger partial charge in [0.2, 0.25) is 0 Å². The molecule has 2 aromatic heterocycles. The number of ether oxygens (including phenoxy) is 2. The molecule has 21 heavy (non-hydrogen) atoms. The molecular formula is C15H22N4O2. The van der Waals surface area contributed by atoms with Crippen molar-refractivity contribution in [1.29, 1.82) is 0 Å². The molecule has 1 unspecified atom stereocenters. The Morgan fingerprint density at radius 3 is 2.67 bits per heavy atom. The summed E-state index contributed by atoms with van der Waals surface area (Å²) in [5.41, 5.74) is 1.98. The van der Waals surface area contributed by atoms with Gasteiger partial charge >= 0.3 is 0 Å². The second-order valence-corrected chi connectivity index (χ2v) is 4.73. The zero-order valence-corrected chi connectivity index (χ0v) is 13.0. The lowest BCUT2D eigenvalue weighted by Gasteiger charge is -2.22. The van der Waals surface area contributed by atoms with Crippen molar-refractivity contribution in [3.05, 3.63) is 35.9 Å². The van der Waals surface area contributed by atoms with Crippen LogP contribution in [-0.4, -0.2) is 35.5 Å². The molecule has 0 saturated heterocycles. The van der Waals surface area contributed by atoms with E-state index in [1.54, 1.807) is 32.8 Å². The Labute approximate surface area is 125 Å². The van der Waals surface area contributed by atoms with Crippen molar-refractivity contribution in [2.75, 3.05) is 20.8 Å². The van der Waals surface area contributed by atoms with Gasteiger partial charge in [-0.2, -0.15) is 5.10 Å². The fourth-order valence-electron chi connectivity index (χ4n) is 2.36. The molecule has 6 heteroatoms. The van der Waals surface area contributed by atoms with E-state index in [2.05, 4.69) is 22.3 Å². The highest BCUT2D eigenvalue weighted by Crippen LogP contribution is 2.33. The van der Waals surface area contributed by atoms with E-state index in [9.17, 15) is 0 Å². The second-order valence-electron chi connectivity index (χ2n) is 4.73. The van der Waals surface area contributed by atoms with Crippen LogP contribution in [0.2, 0.25) is 0 Å². The summed E-state index contributed by atoms with van der Waals surface area (Å²) in [6.07, 6.45) is 6.24. The van der Waals surface area contributed by atoms with Gasteiger partial charge in [-0.15, -0.1) is 0 Å². The van der Waals surface area contributed by atoms with Crippen molar-refractivity contribution in [3.63, 3.8) is 0 Å². The first-order chi connectivity index (χ1) is 10.2. The molecule has 6 nitrogen and oxygen atoms in total. The maximum atomic E-state index is 5.44. The van der Waals surface area contributed by atoms with Crippen LogP contribution in [0, 0.1) is 0 Å². The van der Waals surface area contributed by atoms with Crippen molar-refractivity contribution < 1.29 is 9.47 Å². The minimum Gasteiger partial charge on any atom is -0.495 e. The number of methoxy groups -OCH3 is 2. The van der Waals surface area contributed by atoms with Crippen LogP contribution < -0.4 is 14.8 Å². The number of nitrogens with one attached hydrogen (secondary N) is 1. The molecule has 2 rings (SSSR count). The Hall–Kier alpha value is -2.08. The zero-order valence-electron chi connectivity index (χ0n) is 13.0. The molecule has 0 aliphatic heterocycles. The van der Waals surface area contributed by atoms with Crippen LogP contribution >= 0.6 is 0 Å². The van der Waals surface area contributed by atoms with E-state index in [1.807, 2.05) is 17.8 Å². The lowest BCUT2D eigenvalue weighted by molar-refractivity contribution is 0.388. The summed E-state index contributed by atoms with van der Waals surface area (Å²) >= 11 is 0. The number of aromatic nitrogens is 3. The van der Waals surface area contributed by atoms with E-state index in [0.717, 1.165) is 35.7 Å². The van der Waals surface area contributed by atoms with Crippen molar-refractivity contribution >= 4 is 0 Å². The number of hydrogen-bond acceptors (Lipinski definition) is 5. The molecular weight excluding hydrogens is 268 g/mol. The molecule has 0 aliphatic rings. The highest BCUT2D eigenvalue weighted by atomic mass is 16.5. The minimum absolute atomic E-state index is 0.0645. The van der Waals surface area contributed by atoms with E-state index in [0.29, 0.717) is 0 Å². The topological polar surface area (TPSA) is 61.2 Å². The molecule has 0 aromatic carbocycles. The van der Waals surface area contributed by atoms with Gasteiger partial charge < -0.3 is 14.8 Å². The Bertz CT molecular complexity index is 583. The third-order valence-electron chi connectivity index (χ3n) is 3.39.